The summed E-state index contributed by atoms with van der Waals surface area (Å²) in [4.78, 5) is 10.7. The van der Waals surface area contributed by atoms with Crippen LogP contribution in [-0.4, -0.2) is 5.91 Å². The van der Waals surface area contributed by atoms with Crippen molar-refractivity contribution >= 4 is 5.91 Å². The molecule has 64 valence electrons. The Bertz CT molecular complexity index is 260. The topological polar surface area (TPSA) is 52.9 Å². The zero-order chi connectivity index (χ0) is 8.97. The summed E-state index contributed by atoms with van der Waals surface area (Å²) in [5, 5.41) is 11.4. The highest BCUT2D eigenvalue weighted by Gasteiger charge is 2.12. The number of hydrogen-bond donors (Lipinski definition) is 1. The van der Waals surface area contributed by atoms with Crippen molar-refractivity contribution in [2.45, 2.75) is 32.6 Å². The normalized spacial score (nSPS) is 17.0. The zero-order valence-corrected chi connectivity index (χ0v) is 7.18. The minimum Gasteiger partial charge on any atom is -0.329 e. The Morgan fingerprint density at radius 1 is 1.50 bits per heavy atom. The summed E-state index contributed by atoms with van der Waals surface area (Å²) in [6, 6.07) is 2.12. The van der Waals surface area contributed by atoms with Crippen LogP contribution in [0.4, 0.5) is 0 Å². The minimum absolute atomic E-state index is 0.0837. The molecule has 0 aliphatic heterocycles. The third-order valence-electron chi connectivity index (χ3n) is 1.93. The number of allylic oxidation sites excluding steroid dienone is 2. The van der Waals surface area contributed by atoms with Crippen LogP contribution in [0.25, 0.3) is 0 Å². The molecule has 0 atom stereocenters. The summed E-state index contributed by atoms with van der Waals surface area (Å²) >= 11 is 0. The maximum absolute atomic E-state index is 10.7. The van der Waals surface area contributed by atoms with Gasteiger partial charge in [-0.25, -0.2) is 0 Å². The first kappa shape index (κ1) is 8.79. The van der Waals surface area contributed by atoms with E-state index >= 15 is 0 Å². The third kappa shape index (κ3) is 2.09. The Hall–Kier alpha value is -1.30. The lowest BCUT2D eigenvalue weighted by molar-refractivity contribution is -0.118. The molecular formula is C9H12N2O. The third-order valence-corrected chi connectivity index (χ3v) is 1.93. The molecule has 0 heterocycles. The van der Waals surface area contributed by atoms with E-state index in [1.165, 1.54) is 6.92 Å². The van der Waals surface area contributed by atoms with Crippen LogP contribution < -0.4 is 5.32 Å². The average Bonchev–Trinajstić information content (AvgIpc) is 2.04. The van der Waals surface area contributed by atoms with Gasteiger partial charge in [-0.1, -0.05) is 0 Å². The second-order valence-electron chi connectivity index (χ2n) is 2.96. The molecule has 3 heteroatoms. The smallest absolute Gasteiger partial charge is 0.221 e. The van der Waals surface area contributed by atoms with E-state index < -0.39 is 0 Å². The molecule has 1 N–H and O–H groups in total. The van der Waals surface area contributed by atoms with Gasteiger partial charge >= 0.3 is 0 Å². The summed E-state index contributed by atoms with van der Waals surface area (Å²) in [7, 11) is 0. The Labute approximate surface area is 72.1 Å². The molecule has 0 aromatic rings. The van der Waals surface area contributed by atoms with E-state index in [2.05, 4.69) is 11.4 Å². The van der Waals surface area contributed by atoms with Crippen LogP contribution in [0.3, 0.4) is 0 Å². The highest BCUT2D eigenvalue weighted by Crippen LogP contribution is 2.21. The maximum atomic E-state index is 10.7. The maximum Gasteiger partial charge on any atom is 0.221 e. The molecule has 0 saturated heterocycles. The van der Waals surface area contributed by atoms with Gasteiger partial charge in [0.1, 0.15) is 0 Å². The first-order valence-corrected chi connectivity index (χ1v) is 4.13. The van der Waals surface area contributed by atoms with Crippen molar-refractivity contribution in [3.63, 3.8) is 0 Å². The van der Waals surface area contributed by atoms with Crippen LogP contribution in [0, 0.1) is 11.3 Å². The van der Waals surface area contributed by atoms with Crippen molar-refractivity contribution in [3.8, 4) is 6.07 Å². The molecule has 0 aromatic carbocycles. The lowest BCUT2D eigenvalue weighted by atomic mass is 9.97. The summed E-state index contributed by atoms with van der Waals surface area (Å²) in [6.45, 7) is 1.47. The molecule has 1 aliphatic rings. The molecule has 12 heavy (non-hydrogen) atoms. The van der Waals surface area contributed by atoms with Gasteiger partial charge in [0.25, 0.3) is 0 Å². The van der Waals surface area contributed by atoms with Crippen molar-refractivity contribution in [2.75, 3.05) is 0 Å². The lowest BCUT2D eigenvalue weighted by Crippen LogP contribution is -2.22. The fraction of sp³-hybridized carbons (Fsp3) is 0.556. The number of carbonyl (C=O) groups excluding carboxylic acids is 1. The molecule has 0 saturated carbocycles. The van der Waals surface area contributed by atoms with Gasteiger partial charge in [-0.15, -0.1) is 0 Å². The number of hydrogen-bond acceptors (Lipinski definition) is 2. The van der Waals surface area contributed by atoms with Crippen LogP contribution in [0.5, 0.6) is 0 Å². The summed E-state index contributed by atoms with van der Waals surface area (Å²) in [5.74, 6) is -0.0837. The largest absolute Gasteiger partial charge is 0.329 e. The highest BCUT2D eigenvalue weighted by atomic mass is 16.1. The fourth-order valence-electron chi connectivity index (χ4n) is 1.38. The molecule has 0 radical (unpaired) electrons. The summed E-state index contributed by atoms with van der Waals surface area (Å²) < 4.78 is 0. The number of carbonyl (C=O) groups is 1. The van der Waals surface area contributed by atoms with Gasteiger partial charge in [0.2, 0.25) is 5.91 Å². The Balaban J connectivity index is 2.75. The Kier molecular flexibility index (Phi) is 2.87. The van der Waals surface area contributed by atoms with Crippen molar-refractivity contribution in [1.82, 2.24) is 5.32 Å². The molecular weight excluding hydrogens is 152 g/mol. The van der Waals surface area contributed by atoms with E-state index in [-0.39, 0.29) is 5.91 Å². The first-order chi connectivity index (χ1) is 5.74. The molecule has 1 aliphatic carbocycles. The van der Waals surface area contributed by atoms with E-state index in [4.69, 9.17) is 5.26 Å². The van der Waals surface area contributed by atoms with Gasteiger partial charge in [0, 0.05) is 18.2 Å². The fourth-order valence-corrected chi connectivity index (χ4v) is 1.38. The SMILES string of the molecule is CC(=O)NC1=C(C#N)CCCC1. The minimum atomic E-state index is -0.0837. The monoisotopic (exact) mass is 164 g/mol. The van der Waals surface area contributed by atoms with E-state index in [0.29, 0.717) is 0 Å². The van der Waals surface area contributed by atoms with E-state index in [0.717, 1.165) is 37.0 Å². The predicted octanol–water partition coefficient (Wildman–Crippen LogP) is 1.47. The Morgan fingerprint density at radius 2 is 2.17 bits per heavy atom. The molecule has 0 aromatic heterocycles. The molecule has 1 rings (SSSR count). The van der Waals surface area contributed by atoms with Crippen molar-refractivity contribution in [3.05, 3.63) is 11.3 Å². The molecule has 0 unspecified atom stereocenters. The van der Waals surface area contributed by atoms with Crippen LogP contribution in [0.2, 0.25) is 0 Å². The second-order valence-corrected chi connectivity index (χ2v) is 2.96. The molecule has 1 amide bonds. The zero-order valence-electron chi connectivity index (χ0n) is 7.18. The van der Waals surface area contributed by atoms with Crippen LogP contribution in [0.15, 0.2) is 11.3 Å². The van der Waals surface area contributed by atoms with Crippen LogP contribution in [0.1, 0.15) is 32.6 Å². The lowest BCUT2D eigenvalue weighted by Gasteiger charge is -2.15. The van der Waals surface area contributed by atoms with Gasteiger partial charge in [0.05, 0.1) is 6.07 Å². The number of nitrogens with zero attached hydrogens (tertiary/aromatic N) is 1. The summed E-state index contributed by atoms with van der Waals surface area (Å²) in [5.41, 5.74) is 1.58. The number of nitriles is 1. The Morgan fingerprint density at radius 3 is 2.75 bits per heavy atom. The van der Waals surface area contributed by atoms with Gasteiger partial charge < -0.3 is 5.32 Å². The predicted molar refractivity (Wildman–Crippen MR) is 44.9 cm³/mol. The molecule has 3 nitrogen and oxygen atoms in total. The van der Waals surface area contributed by atoms with E-state index in [9.17, 15) is 4.79 Å². The highest BCUT2D eigenvalue weighted by molar-refractivity contribution is 5.75. The number of amides is 1. The van der Waals surface area contributed by atoms with Crippen LogP contribution in [-0.2, 0) is 4.79 Å². The molecule has 0 bridgehead atoms. The molecule has 0 fully saturated rings. The standard InChI is InChI=1S/C9H12N2O/c1-7(12)11-9-5-3-2-4-8(9)6-10/h2-5H2,1H3,(H,11,12). The number of nitrogens with one attached hydrogen (secondary N) is 1. The first-order valence-electron chi connectivity index (χ1n) is 4.13. The quantitative estimate of drug-likeness (QED) is 0.638. The average molecular weight is 164 g/mol. The van der Waals surface area contributed by atoms with E-state index in [1.807, 2.05) is 0 Å². The van der Waals surface area contributed by atoms with E-state index in [1.54, 1.807) is 0 Å². The summed E-state index contributed by atoms with van der Waals surface area (Å²) in [6.07, 6.45) is 3.78. The van der Waals surface area contributed by atoms with Crippen LogP contribution >= 0.6 is 0 Å². The number of rotatable bonds is 1. The van der Waals surface area contributed by atoms with Gasteiger partial charge in [-0.3, -0.25) is 4.79 Å². The van der Waals surface area contributed by atoms with Crippen molar-refractivity contribution < 1.29 is 4.79 Å². The van der Waals surface area contributed by atoms with Gasteiger partial charge in [0.15, 0.2) is 0 Å². The van der Waals surface area contributed by atoms with Gasteiger partial charge in [-0.05, 0) is 25.7 Å². The van der Waals surface area contributed by atoms with Crippen molar-refractivity contribution in [2.24, 2.45) is 0 Å². The second kappa shape index (κ2) is 3.91. The van der Waals surface area contributed by atoms with Crippen molar-refractivity contribution in [1.29, 1.82) is 5.26 Å². The van der Waals surface area contributed by atoms with Gasteiger partial charge in [-0.2, -0.15) is 5.26 Å². The molecule has 0 spiro atoms.